The first-order valence-electron chi connectivity index (χ1n) is 5.89. The van der Waals surface area contributed by atoms with Gasteiger partial charge < -0.3 is 11.1 Å². The van der Waals surface area contributed by atoms with Gasteiger partial charge in [-0.05, 0) is 46.3 Å². The number of carbonyl (C=O) groups excluding carboxylic acids is 1. The molecule has 0 fully saturated rings. The van der Waals surface area contributed by atoms with E-state index in [4.69, 9.17) is 5.73 Å². The van der Waals surface area contributed by atoms with Crippen molar-refractivity contribution in [1.29, 1.82) is 0 Å². The molecule has 0 spiro atoms. The van der Waals surface area contributed by atoms with Crippen molar-refractivity contribution < 1.29 is 4.79 Å². The quantitative estimate of drug-likeness (QED) is 0.635. The number of nitrogens with zero attached hydrogens (tertiary/aromatic N) is 1. The minimum Gasteiger partial charge on any atom is -0.399 e. The lowest BCUT2D eigenvalue weighted by molar-refractivity contribution is 0.0948. The first-order chi connectivity index (χ1) is 9.63. The maximum absolute atomic E-state index is 12.2. The second-order valence-corrected chi connectivity index (χ2v) is 6.81. The Labute approximate surface area is 127 Å². The molecule has 1 amide bonds. The highest BCUT2D eigenvalue weighted by Gasteiger charge is 2.14. The van der Waals surface area contributed by atoms with E-state index in [0.29, 0.717) is 17.9 Å². The van der Waals surface area contributed by atoms with Gasteiger partial charge in [-0.1, -0.05) is 0 Å². The summed E-state index contributed by atoms with van der Waals surface area (Å²) in [6, 6.07) is 9.25. The van der Waals surface area contributed by atoms with Gasteiger partial charge >= 0.3 is 0 Å². The number of H-pyrrole nitrogens is 1. The van der Waals surface area contributed by atoms with E-state index in [0.717, 1.165) is 19.6 Å². The summed E-state index contributed by atoms with van der Waals surface area (Å²) < 4.78 is 1.04. The van der Waals surface area contributed by atoms with Crippen LogP contribution in [0.1, 0.15) is 15.4 Å². The minimum atomic E-state index is -0.216. The van der Waals surface area contributed by atoms with Crippen molar-refractivity contribution in [3.63, 3.8) is 0 Å². The fourth-order valence-electron chi connectivity index (χ4n) is 1.90. The first-order valence-corrected chi connectivity index (χ1v) is 7.50. The molecule has 0 unspecified atom stereocenters. The van der Waals surface area contributed by atoms with Gasteiger partial charge in [0.05, 0.1) is 15.8 Å². The molecule has 5 nitrogen and oxygen atoms in total. The number of aromatic amines is 1. The molecule has 0 aliphatic carbocycles. The summed E-state index contributed by atoms with van der Waals surface area (Å²) in [5, 5.41) is 10.5. The zero-order chi connectivity index (χ0) is 14.1. The molecule has 3 rings (SSSR count). The van der Waals surface area contributed by atoms with Gasteiger partial charge in [0, 0.05) is 16.0 Å². The molecule has 0 aliphatic rings. The summed E-state index contributed by atoms with van der Waals surface area (Å²) >= 11 is 4.98. The number of carbonyl (C=O) groups is 1. The standard InChI is InChI=1S/C13H11BrN4OS/c14-11-4-2-8(20-11)6-16-13(19)12-9-5-7(15)1-3-10(9)17-18-12/h1-5H,6,15H2,(H,16,19)(H,17,18). The summed E-state index contributed by atoms with van der Waals surface area (Å²) in [7, 11) is 0. The SMILES string of the molecule is Nc1ccc2[nH]nc(C(=O)NCc3ccc(Br)s3)c2c1. The lowest BCUT2D eigenvalue weighted by Gasteiger charge is -2.01. The normalized spacial score (nSPS) is 10.8. The fourth-order valence-corrected chi connectivity index (χ4v) is 3.33. The maximum atomic E-state index is 12.2. The minimum absolute atomic E-state index is 0.216. The zero-order valence-corrected chi connectivity index (χ0v) is 12.7. The van der Waals surface area contributed by atoms with Crippen LogP contribution < -0.4 is 11.1 Å². The van der Waals surface area contributed by atoms with E-state index >= 15 is 0 Å². The van der Waals surface area contributed by atoms with Gasteiger partial charge in [0.1, 0.15) is 0 Å². The summed E-state index contributed by atoms with van der Waals surface area (Å²) in [6.45, 7) is 0.478. The van der Waals surface area contributed by atoms with E-state index in [1.54, 1.807) is 23.5 Å². The molecule has 0 aliphatic heterocycles. The van der Waals surface area contributed by atoms with Crippen LogP contribution >= 0.6 is 27.3 Å². The van der Waals surface area contributed by atoms with Crippen LogP contribution in [0.4, 0.5) is 5.69 Å². The van der Waals surface area contributed by atoms with Crippen LogP contribution in [0.15, 0.2) is 34.1 Å². The molecule has 2 heterocycles. The molecule has 7 heteroatoms. The van der Waals surface area contributed by atoms with Crippen molar-refractivity contribution in [3.05, 3.63) is 44.7 Å². The second kappa shape index (κ2) is 5.26. The van der Waals surface area contributed by atoms with Gasteiger partial charge in [0.15, 0.2) is 5.69 Å². The number of thiophene rings is 1. The topological polar surface area (TPSA) is 83.8 Å². The monoisotopic (exact) mass is 350 g/mol. The number of benzene rings is 1. The number of halogens is 1. The van der Waals surface area contributed by atoms with Gasteiger partial charge in [0.2, 0.25) is 0 Å². The van der Waals surface area contributed by atoms with Crippen molar-refractivity contribution in [2.45, 2.75) is 6.54 Å². The fraction of sp³-hybridized carbons (Fsp3) is 0.0769. The van der Waals surface area contributed by atoms with Gasteiger partial charge in [-0.3, -0.25) is 9.89 Å². The second-order valence-electron chi connectivity index (χ2n) is 4.27. The van der Waals surface area contributed by atoms with E-state index in [2.05, 4.69) is 31.4 Å². The molecule has 0 atom stereocenters. The van der Waals surface area contributed by atoms with E-state index < -0.39 is 0 Å². The molecule has 20 heavy (non-hydrogen) atoms. The Kier molecular flexibility index (Phi) is 3.45. The van der Waals surface area contributed by atoms with Crippen molar-refractivity contribution in [2.75, 3.05) is 5.73 Å². The number of nitrogen functional groups attached to an aromatic ring is 1. The molecule has 0 bridgehead atoms. The number of hydrogen-bond acceptors (Lipinski definition) is 4. The molecule has 0 saturated carbocycles. The van der Waals surface area contributed by atoms with Gasteiger partial charge in [0.25, 0.3) is 5.91 Å². The predicted octanol–water partition coefficient (Wildman–Crippen LogP) is 2.90. The van der Waals surface area contributed by atoms with Crippen molar-refractivity contribution in [1.82, 2.24) is 15.5 Å². The van der Waals surface area contributed by atoms with Crippen LogP contribution in [0.2, 0.25) is 0 Å². The molecule has 3 aromatic rings. The Morgan fingerprint density at radius 2 is 2.25 bits per heavy atom. The van der Waals surface area contributed by atoms with Crippen LogP contribution in [-0.4, -0.2) is 16.1 Å². The summed E-state index contributed by atoms with van der Waals surface area (Å²) in [5.74, 6) is -0.216. The number of anilines is 1. The maximum Gasteiger partial charge on any atom is 0.272 e. The number of fused-ring (bicyclic) bond motifs is 1. The van der Waals surface area contributed by atoms with E-state index in [9.17, 15) is 4.79 Å². The Morgan fingerprint density at radius 1 is 1.40 bits per heavy atom. The van der Waals surface area contributed by atoms with Gasteiger partial charge in [-0.2, -0.15) is 5.10 Å². The zero-order valence-electron chi connectivity index (χ0n) is 10.3. The molecule has 4 N–H and O–H groups in total. The smallest absolute Gasteiger partial charge is 0.272 e. The predicted molar refractivity (Wildman–Crippen MR) is 83.7 cm³/mol. The number of nitrogens with two attached hydrogens (primary N) is 1. The Morgan fingerprint density at radius 3 is 3.00 bits per heavy atom. The van der Waals surface area contributed by atoms with Crippen LogP contribution in [-0.2, 0) is 6.54 Å². The van der Waals surface area contributed by atoms with E-state index in [1.165, 1.54) is 0 Å². The summed E-state index contributed by atoms with van der Waals surface area (Å²) in [5.41, 5.74) is 7.51. The third-order valence-electron chi connectivity index (χ3n) is 2.85. The Balaban J connectivity index is 1.80. The third kappa shape index (κ3) is 2.54. The first kappa shape index (κ1) is 13.1. The molecule has 0 radical (unpaired) electrons. The molecule has 1 aromatic carbocycles. The molecular weight excluding hydrogens is 340 g/mol. The Bertz CT molecular complexity index is 780. The lowest BCUT2D eigenvalue weighted by atomic mass is 10.2. The van der Waals surface area contributed by atoms with Gasteiger partial charge in [-0.15, -0.1) is 11.3 Å². The largest absolute Gasteiger partial charge is 0.399 e. The number of rotatable bonds is 3. The van der Waals surface area contributed by atoms with Crippen molar-refractivity contribution in [3.8, 4) is 0 Å². The van der Waals surface area contributed by atoms with Crippen LogP contribution in [0.5, 0.6) is 0 Å². The number of amides is 1. The van der Waals surface area contributed by atoms with Crippen molar-refractivity contribution in [2.24, 2.45) is 0 Å². The van der Waals surface area contributed by atoms with E-state index in [-0.39, 0.29) is 5.91 Å². The van der Waals surface area contributed by atoms with Crippen LogP contribution in [0.3, 0.4) is 0 Å². The molecule has 2 aromatic heterocycles. The van der Waals surface area contributed by atoms with Crippen LogP contribution in [0, 0.1) is 0 Å². The molecular formula is C13H11BrN4OS. The number of aromatic nitrogens is 2. The average molecular weight is 351 g/mol. The van der Waals surface area contributed by atoms with E-state index in [1.807, 2.05) is 18.2 Å². The Hall–Kier alpha value is -1.86. The summed E-state index contributed by atoms with van der Waals surface area (Å²) in [4.78, 5) is 13.2. The van der Waals surface area contributed by atoms with Crippen molar-refractivity contribution >= 4 is 49.8 Å². The molecule has 0 saturated heterocycles. The van der Waals surface area contributed by atoms with Crippen LogP contribution in [0.25, 0.3) is 10.9 Å². The number of hydrogen-bond donors (Lipinski definition) is 3. The molecule has 102 valence electrons. The third-order valence-corrected chi connectivity index (χ3v) is 4.48. The highest BCUT2D eigenvalue weighted by atomic mass is 79.9. The lowest BCUT2D eigenvalue weighted by Crippen LogP contribution is -2.22. The average Bonchev–Trinajstić information content (AvgIpc) is 3.02. The summed E-state index contributed by atoms with van der Waals surface area (Å²) in [6.07, 6.45) is 0. The highest BCUT2D eigenvalue weighted by molar-refractivity contribution is 9.11. The van der Waals surface area contributed by atoms with Gasteiger partial charge in [-0.25, -0.2) is 0 Å². The highest BCUT2D eigenvalue weighted by Crippen LogP contribution is 2.22. The number of nitrogens with one attached hydrogen (secondary N) is 2.